The Kier molecular flexibility index (Phi) is 10.2. The van der Waals surface area contributed by atoms with Gasteiger partial charge >= 0.3 is 23.9 Å². The molecule has 0 bridgehead atoms. The third-order valence-corrected chi connectivity index (χ3v) is 6.40. The summed E-state index contributed by atoms with van der Waals surface area (Å²) in [5.74, 6) is -2.49. The SMILES string of the molecule is COc1ccccc1C(=O)OCC1OC(OC(=O)c2ccccc2OC)C(OC(C)=O)C1OC(=O)c1ccccc1OC. The van der Waals surface area contributed by atoms with E-state index in [1.165, 1.54) is 39.5 Å². The Bertz CT molecular complexity index is 1470. The summed E-state index contributed by atoms with van der Waals surface area (Å²) in [6.45, 7) is 0.661. The first-order chi connectivity index (χ1) is 20.8. The van der Waals surface area contributed by atoms with Gasteiger partial charge in [0.15, 0.2) is 6.10 Å². The fraction of sp³-hybridized carbons (Fsp3) is 0.290. The first kappa shape index (κ1) is 30.8. The number of ether oxygens (including phenoxy) is 8. The molecule has 1 aliphatic rings. The summed E-state index contributed by atoms with van der Waals surface area (Å²) < 4.78 is 43.9. The highest BCUT2D eigenvalue weighted by Crippen LogP contribution is 2.32. The molecule has 0 saturated carbocycles. The lowest BCUT2D eigenvalue weighted by Gasteiger charge is -2.24. The van der Waals surface area contributed by atoms with Crippen LogP contribution in [-0.2, 0) is 28.5 Å². The minimum Gasteiger partial charge on any atom is -0.496 e. The van der Waals surface area contributed by atoms with E-state index in [1.807, 2.05) is 0 Å². The maximum Gasteiger partial charge on any atom is 0.344 e. The predicted molar refractivity (Wildman–Crippen MR) is 148 cm³/mol. The van der Waals surface area contributed by atoms with Gasteiger partial charge in [-0.25, -0.2) is 14.4 Å². The molecule has 0 aliphatic carbocycles. The van der Waals surface area contributed by atoms with Gasteiger partial charge in [0, 0.05) is 6.92 Å². The topological polar surface area (TPSA) is 142 Å². The van der Waals surface area contributed by atoms with Gasteiger partial charge in [-0.15, -0.1) is 0 Å². The zero-order valence-corrected chi connectivity index (χ0v) is 23.8. The lowest BCUT2D eigenvalue weighted by molar-refractivity contribution is -0.172. The normalized spacial score (nSPS) is 19.1. The number of esters is 4. The van der Waals surface area contributed by atoms with Crippen molar-refractivity contribution in [3.05, 3.63) is 89.5 Å². The van der Waals surface area contributed by atoms with Crippen LogP contribution in [-0.4, -0.2) is 76.4 Å². The molecule has 1 aliphatic heterocycles. The van der Waals surface area contributed by atoms with Crippen LogP contribution in [0.4, 0.5) is 0 Å². The maximum absolute atomic E-state index is 13.3. The quantitative estimate of drug-likeness (QED) is 0.236. The van der Waals surface area contributed by atoms with E-state index in [0.29, 0.717) is 0 Å². The van der Waals surface area contributed by atoms with Crippen molar-refractivity contribution >= 4 is 23.9 Å². The third kappa shape index (κ3) is 7.22. The molecular weight excluding hydrogens is 564 g/mol. The van der Waals surface area contributed by atoms with Crippen LogP contribution in [0.1, 0.15) is 38.0 Å². The van der Waals surface area contributed by atoms with E-state index < -0.39 is 55.1 Å². The van der Waals surface area contributed by atoms with Crippen molar-refractivity contribution in [2.75, 3.05) is 27.9 Å². The molecule has 1 fully saturated rings. The molecule has 0 aromatic heterocycles. The molecular formula is C31H30O12. The van der Waals surface area contributed by atoms with Crippen LogP contribution >= 0.6 is 0 Å². The molecule has 3 aromatic rings. The number of rotatable bonds is 11. The Balaban J connectivity index is 1.63. The summed E-state index contributed by atoms with van der Waals surface area (Å²) in [4.78, 5) is 51.5. The Morgan fingerprint density at radius 1 is 0.605 bits per heavy atom. The van der Waals surface area contributed by atoms with E-state index in [-0.39, 0.29) is 33.9 Å². The summed E-state index contributed by atoms with van der Waals surface area (Å²) in [6.07, 6.45) is -5.57. The molecule has 226 valence electrons. The van der Waals surface area contributed by atoms with Gasteiger partial charge in [-0.1, -0.05) is 36.4 Å². The second-order valence-electron chi connectivity index (χ2n) is 9.09. The number of methoxy groups -OCH3 is 3. The number of hydrogen-bond donors (Lipinski definition) is 0. The molecule has 4 atom stereocenters. The highest BCUT2D eigenvalue weighted by atomic mass is 16.8. The molecule has 3 aromatic carbocycles. The van der Waals surface area contributed by atoms with Crippen LogP contribution in [0.5, 0.6) is 17.2 Å². The highest BCUT2D eigenvalue weighted by Gasteiger charge is 2.52. The fourth-order valence-electron chi connectivity index (χ4n) is 4.41. The van der Waals surface area contributed by atoms with Crippen molar-refractivity contribution < 1.29 is 57.1 Å². The van der Waals surface area contributed by atoms with Crippen LogP contribution in [0.3, 0.4) is 0 Å². The van der Waals surface area contributed by atoms with Gasteiger partial charge in [-0.2, -0.15) is 0 Å². The number of carbonyl (C=O) groups is 4. The largest absolute Gasteiger partial charge is 0.496 e. The Morgan fingerprint density at radius 3 is 1.51 bits per heavy atom. The predicted octanol–water partition coefficient (Wildman–Crippen LogP) is 3.61. The van der Waals surface area contributed by atoms with Gasteiger partial charge in [0.25, 0.3) is 0 Å². The fourth-order valence-corrected chi connectivity index (χ4v) is 4.41. The summed E-state index contributed by atoms with van der Waals surface area (Å²) in [7, 11) is 4.18. The third-order valence-electron chi connectivity index (χ3n) is 6.40. The minimum absolute atomic E-state index is 0.0730. The highest BCUT2D eigenvalue weighted by molar-refractivity contribution is 5.94. The Hall–Kier alpha value is -5.10. The lowest BCUT2D eigenvalue weighted by atomic mass is 10.1. The zero-order chi connectivity index (χ0) is 30.9. The molecule has 1 heterocycles. The number of hydrogen-bond acceptors (Lipinski definition) is 12. The van der Waals surface area contributed by atoms with Gasteiger partial charge in [-0.3, -0.25) is 4.79 Å². The van der Waals surface area contributed by atoms with Crippen LogP contribution in [0.2, 0.25) is 0 Å². The molecule has 0 amide bonds. The number of benzene rings is 3. The molecule has 0 N–H and O–H groups in total. The van der Waals surface area contributed by atoms with Gasteiger partial charge < -0.3 is 37.9 Å². The van der Waals surface area contributed by atoms with Crippen LogP contribution in [0.25, 0.3) is 0 Å². The molecule has 0 spiro atoms. The zero-order valence-electron chi connectivity index (χ0n) is 23.8. The van der Waals surface area contributed by atoms with Gasteiger partial charge in [0.1, 0.15) is 46.6 Å². The Morgan fingerprint density at radius 2 is 1.05 bits per heavy atom. The average Bonchev–Trinajstić information content (AvgIpc) is 3.33. The van der Waals surface area contributed by atoms with E-state index in [2.05, 4.69) is 0 Å². The van der Waals surface area contributed by atoms with E-state index in [0.717, 1.165) is 6.92 Å². The van der Waals surface area contributed by atoms with Gasteiger partial charge in [0.2, 0.25) is 12.4 Å². The molecule has 12 heteroatoms. The first-order valence-electron chi connectivity index (χ1n) is 13.1. The molecule has 4 rings (SSSR count). The van der Waals surface area contributed by atoms with E-state index in [1.54, 1.807) is 54.6 Å². The monoisotopic (exact) mass is 594 g/mol. The van der Waals surface area contributed by atoms with E-state index in [9.17, 15) is 19.2 Å². The molecule has 43 heavy (non-hydrogen) atoms. The van der Waals surface area contributed by atoms with Crippen LogP contribution < -0.4 is 14.2 Å². The van der Waals surface area contributed by atoms with Crippen molar-refractivity contribution in [3.63, 3.8) is 0 Å². The molecule has 12 nitrogen and oxygen atoms in total. The van der Waals surface area contributed by atoms with Crippen molar-refractivity contribution in [2.24, 2.45) is 0 Å². The summed E-state index contributed by atoms with van der Waals surface area (Å²) >= 11 is 0. The van der Waals surface area contributed by atoms with Crippen molar-refractivity contribution in [1.82, 2.24) is 0 Å². The first-order valence-corrected chi connectivity index (χ1v) is 13.1. The van der Waals surface area contributed by atoms with Crippen molar-refractivity contribution in [3.8, 4) is 17.2 Å². The standard InChI is InChI=1S/C31H30O12/c1-18(32)40-27-26(42-29(34)20-12-6-9-15-23(20)37-3)25(17-39-28(33)19-11-5-8-14-22(19)36-2)41-31(27)43-30(35)21-13-7-10-16-24(21)38-4/h5-16,25-27,31H,17H2,1-4H3. The van der Waals surface area contributed by atoms with E-state index >= 15 is 0 Å². The molecule has 0 radical (unpaired) electrons. The second-order valence-corrected chi connectivity index (χ2v) is 9.09. The summed E-state index contributed by atoms with van der Waals surface area (Å²) in [6, 6.07) is 19.1. The van der Waals surface area contributed by atoms with Crippen molar-refractivity contribution in [1.29, 1.82) is 0 Å². The number of para-hydroxylation sites is 3. The molecule has 4 unspecified atom stereocenters. The van der Waals surface area contributed by atoms with E-state index in [4.69, 9.17) is 37.9 Å². The molecule has 1 saturated heterocycles. The van der Waals surface area contributed by atoms with Crippen LogP contribution in [0, 0.1) is 0 Å². The maximum atomic E-state index is 13.3. The lowest BCUT2D eigenvalue weighted by Crippen LogP contribution is -2.42. The number of carbonyl (C=O) groups excluding carboxylic acids is 4. The van der Waals surface area contributed by atoms with Crippen LogP contribution in [0.15, 0.2) is 72.8 Å². The average molecular weight is 595 g/mol. The van der Waals surface area contributed by atoms with Crippen molar-refractivity contribution in [2.45, 2.75) is 31.5 Å². The second kappa shape index (κ2) is 14.2. The Labute approximate surface area is 247 Å². The summed E-state index contributed by atoms with van der Waals surface area (Å²) in [5, 5.41) is 0. The van der Waals surface area contributed by atoms with Gasteiger partial charge in [-0.05, 0) is 36.4 Å². The minimum atomic E-state index is -1.55. The van der Waals surface area contributed by atoms with Gasteiger partial charge in [0.05, 0.1) is 21.3 Å². The summed E-state index contributed by atoms with van der Waals surface area (Å²) in [5.41, 5.74) is 0.288. The smallest absolute Gasteiger partial charge is 0.344 e.